The zero-order chi connectivity index (χ0) is 6.85. The van der Waals surface area contributed by atoms with Crippen molar-refractivity contribution in [1.82, 2.24) is 5.32 Å². The van der Waals surface area contributed by atoms with E-state index in [2.05, 4.69) is 5.32 Å². The molecule has 0 saturated carbocycles. The van der Waals surface area contributed by atoms with E-state index in [1.54, 1.807) is 0 Å². The van der Waals surface area contributed by atoms with Crippen LogP contribution in [0.5, 0.6) is 0 Å². The molecule has 0 aromatic carbocycles. The predicted molar refractivity (Wildman–Crippen MR) is 46.5 cm³/mol. The summed E-state index contributed by atoms with van der Waals surface area (Å²) >= 11 is 0. The van der Waals surface area contributed by atoms with Gasteiger partial charge < -0.3 is 16.2 Å². The van der Waals surface area contributed by atoms with Gasteiger partial charge in [0.25, 0.3) is 0 Å². The molecule has 0 amide bonds. The van der Waals surface area contributed by atoms with Gasteiger partial charge in [0, 0.05) is 6.04 Å². The first-order valence-corrected chi connectivity index (χ1v) is 2.93. The molecule has 4 nitrogen and oxygen atoms in total. The third-order valence-corrected chi connectivity index (χ3v) is 1.54. The highest BCUT2D eigenvalue weighted by atomic mass is 35.5. The van der Waals surface area contributed by atoms with Gasteiger partial charge in [0.1, 0.15) is 6.04 Å². The average molecular weight is 203 g/mol. The van der Waals surface area contributed by atoms with Crippen LogP contribution in [0.2, 0.25) is 0 Å². The largest absolute Gasteiger partial charge is 0.480 e. The molecular formula is C5H12Cl2N2O2. The molecule has 1 heterocycles. The summed E-state index contributed by atoms with van der Waals surface area (Å²) in [5.41, 5.74) is 5.44. The van der Waals surface area contributed by atoms with Crippen molar-refractivity contribution in [3.63, 3.8) is 0 Å². The van der Waals surface area contributed by atoms with Crippen LogP contribution in [0.4, 0.5) is 0 Å². The second kappa shape index (κ2) is 5.60. The Hall–Kier alpha value is -0.0300. The van der Waals surface area contributed by atoms with Gasteiger partial charge in [-0.15, -0.1) is 24.8 Å². The molecule has 6 heteroatoms. The van der Waals surface area contributed by atoms with Gasteiger partial charge in [-0.1, -0.05) is 0 Å². The zero-order valence-electron chi connectivity index (χ0n) is 5.82. The van der Waals surface area contributed by atoms with E-state index in [9.17, 15) is 4.79 Å². The van der Waals surface area contributed by atoms with Crippen LogP contribution in [-0.2, 0) is 4.79 Å². The molecule has 1 saturated heterocycles. The summed E-state index contributed by atoms with van der Waals surface area (Å²) in [6.45, 7) is 0.720. The van der Waals surface area contributed by atoms with Gasteiger partial charge in [0.05, 0.1) is 0 Å². The zero-order valence-corrected chi connectivity index (χ0v) is 7.45. The average Bonchev–Trinajstić information content (AvgIpc) is 2.13. The van der Waals surface area contributed by atoms with E-state index in [0.29, 0.717) is 0 Å². The third-order valence-electron chi connectivity index (χ3n) is 1.54. The molecule has 1 aliphatic rings. The van der Waals surface area contributed by atoms with Crippen molar-refractivity contribution < 1.29 is 9.90 Å². The van der Waals surface area contributed by atoms with Gasteiger partial charge in [-0.25, -0.2) is 0 Å². The van der Waals surface area contributed by atoms with Crippen LogP contribution in [0.25, 0.3) is 0 Å². The molecule has 0 aromatic heterocycles. The Morgan fingerprint density at radius 2 is 2.09 bits per heavy atom. The van der Waals surface area contributed by atoms with Gasteiger partial charge in [-0.05, 0) is 13.0 Å². The fraction of sp³-hybridized carbons (Fsp3) is 0.800. The molecule has 1 aliphatic heterocycles. The first kappa shape index (κ1) is 13.6. The highest BCUT2D eigenvalue weighted by molar-refractivity contribution is 5.85. The molecule has 0 radical (unpaired) electrons. The van der Waals surface area contributed by atoms with Crippen molar-refractivity contribution in [3.8, 4) is 0 Å². The van der Waals surface area contributed by atoms with E-state index >= 15 is 0 Å². The Balaban J connectivity index is 0. The van der Waals surface area contributed by atoms with E-state index < -0.39 is 12.0 Å². The number of rotatable bonds is 1. The minimum absolute atomic E-state index is 0. The summed E-state index contributed by atoms with van der Waals surface area (Å²) in [6, 6.07) is -0.729. The lowest BCUT2D eigenvalue weighted by molar-refractivity contribution is -0.139. The molecule has 11 heavy (non-hydrogen) atoms. The second-order valence-corrected chi connectivity index (χ2v) is 2.22. The molecule has 0 aromatic rings. The van der Waals surface area contributed by atoms with E-state index in [1.807, 2.05) is 0 Å². The minimum atomic E-state index is -0.847. The van der Waals surface area contributed by atoms with E-state index in [4.69, 9.17) is 10.8 Å². The van der Waals surface area contributed by atoms with Crippen LogP contribution < -0.4 is 11.1 Å². The van der Waals surface area contributed by atoms with E-state index in [1.165, 1.54) is 0 Å². The smallest absolute Gasteiger partial charge is 0.322 e. The van der Waals surface area contributed by atoms with Crippen LogP contribution in [-0.4, -0.2) is 29.7 Å². The Labute approximate surface area is 77.3 Å². The van der Waals surface area contributed by atoms with Crippen molar-refractivity contribution in [2.75, 3.05) is 6.54 Å². The Morgan fingerprint density at radius 3 is 2.27 bits per heavy atom. The number of hydrogen-bond donors (Lipinski definition) is 3. The van der Waals surface area contributed by atoms with Crippen molar-refractivity contribution in [2.24, 2.45) is 5.73 Å². The molecule has 68 valence electrons. The molecule has 1 fully saturated rings. The molecule has 4 N–H and O–H groups in total. The van der Waals surface area contributed by atoms with Crippen LogP contribution >= 0.6 is 24.8 Å². The monoisotopic (exact) mass is 202 g/mol. The number of carbonyl (C=O) groups is 1. The molecule has 1 rings (SSSR count). The fourth-order valence-corrected chi connectivity index (χ4v) is 0.994. The van der Waals surface area contributed by atoms with Crippen LogP contribution in [0.3, 0.4) is 0 Å². The minimum Gasteiger partial charge on any atom is -0.480 e. The Bertz CT molecular complexity index is 134. The molecule has 0 bridgehead atoms. The SMILES string of the molecule is Cl.Cl.N[C@H]1CCN[C@@H]1C(=O)O. The quantitative estimate of drug-likeness (QED) is 0.542. The topological polar surface area (TPSA) is 75.3 Å². The summed E-state index contributed by atoms with van der Waals surface area (Å²) in [5, 5.41) is 11.2. The molecule has 2 atom stereocenters. The lowest BCUT2D eigenvalue weighted by atomic mass is 10.1. The molecular weight excluding hydrogens is 191 g/mol. The maximum Gasteiger partial charge on any atom is 0.322 e. The second-order valence-electron chi connectivity index (χ2n) is 2.22. The maximum absolute atomic E-state index is 10.3. The fourth-order valence-electron chi connectivity index (χ4n) is 0.994. The highest BCUT2D eigenvalue weighted by Gasteiger charge is 2.28. The predicted octanol–water partition coefficient (Wildman–Crippen LogP) is -0.396. The van der Waals surface area contributed by atoms with E-state index in [0.717, 1.165) is 13.0 Å². The molecule has 0 unspecified atom stereocenters. The lowest BCUT2D eigenvalue weighted by Gasteiger charge is -2.08. The Morgan fingerprint density at radius 1 is 1.55 bits per heavy atom. The number of nitrogens with two attached hydrogens (primary N) is 1. The molecule has 0 aliphatic carbocycles. The number of carboxylic acid groups (broad SMARTS) is 1. The van der Waals surface area contributed by atoms with Gasteiger partial charge in [-0.2, -0.15) is 0 Å². The van der Waals surface area contributed by atoms with Crippen molar-refractivity contribution in [3.05, 3.63) is 0 Å². The number of nitrogens with one attached hydrogen (secondary N) is 1. The van der Waals surface area contributed by atoms with Gasteiger partial charge in [0.15, 0.2) is 0 Å². The summed E-state index contributed by atoms with van der Waals surface area (Å²) in [5.74, 6) is -0.847. The van der Waals surface area contributed by atoms with Crippen molar-refractivity contribution >= 4 is 30.8 Å². The van der Waals surface area contributed by atoms with Crippen LogP contribution in [0.15, 0.2) is 0 Å². The van der Waals surface area contributed by atoms with Gasteiger partial charge >= 0.3 is 5.97 Å². The summed E-state index contributed by atoms with van der Waals surface area (Å²) in [6.07, 6.45) is 0.761. The highest BCUT2D eigenvalue weighted by Crippen LogP contribution is 2.02. The first-order valence-electron chi connectivity index (χ1n) is 2.93. The lowest BCUT2D eigenvalue weighted by Crippen LogP contribution is -2.42. The van der Waals surface area contributed by atoms with Gasteiger partial charge in [0.2, 0.25) is 0 Å². The maximum atomic E-state index is 10.3. The number of halogens is 2. The first-order chi connectivity index (χ1) is 4.22. The van der Waals surface area contributed by atoms with Crippen LogP contribution in [0, 0.1) is 0 Å². The number of aliphatic carboxylic acids is 1. The summed E-state index contributed by atoms with van der Waals surface area (Å²) < 4.78 is 0. The van der Waals surface area contributed by atoms with Crippen molar-refractivity contribution in [1.29, 1.82) is 0 Å². The number of hydrogen-bond acceptors (Lipinski definition) is 3. The van der Waals surface area contributed by atoms with Gasteiger partial charge in [-0.3, -0.25) is 4.79 Å². The summed E-state index contributed by atoms with van der Waals surface area (Å²) in [7, 11) is 0. The van der Waals surface area contributed by atoms with Crippen LogP contribution in [0.1, 0.15) is 6.42 Å². The standard InChI is InChI=1S/C5H10N2O2.2ClH/c6-3-1-2-7-4(3)5(8)9;;/h3-4,7H,1-2,6H2,(H,8,9);2*1H/t3-,4-;;/m0../s1. The molecule has 0 spiro atoms. The third kappa shape index (κ3) is 3.25. The van der Waals surface area contributed by atoms with E-state index in [-0.39, 0.29) is 30.9 Å². The van der Waals surface area contributed by atoms with Crippen molar-refractivity contribution in [2.45, 2.75) is 18.5 Å². The summed E-state index contributed by atoms with van der Waals surface area (Å²) in [4.78, 5) is 10.3. The Kier molecular flexibility index (Phi) is 6.90. The number of carboxylic acids is 1. The normalized spacial score (nSPS) is 28.5.